The molecule has 1 aromatic heterocycles. The lowest BCUT2D eigenvalue weighted by Gasteiger charge is -2.20. The highest BCUT2D eigenvalue weighted by Gasteiger charge is 2.27. The van der Waals surface area contributed by atoms with Crippen LogP contribution in [0, 0.1) is 5.82 Å². The van der Waals surface area contributed by atoms with Gasteiger partial charge in [0.2, 0.25) is 5.91 Å². The highest BCUT2D eigenvalue weighted by molar-refractivity contribution is 5.99. The molecule has 0 saturated heterocycles. The van der Waals surface area contributed by atoms with Gasteiger partial charge < -0.3 is 20.4 Å². The molecule has 2 N–H and O–H groups in total. The van der Waals surface area contributed by atoms with Crippen LogP contribution in [0.4, 0.5) is 4.39 Å². The first kappa shape index (κ1) is 25.4. The van der Waals surface area contributed by atoms with Gasteiger partial charge in [-0.05, 0) is 44.1 Å². The number of nitrogens with one attached hydrogen (secondary N) is 2. The second-order valence-electron chi connectivity index (χ2n) is 8.36. The van der Waals surface area contributed by atoms with Crippen LogP contribution < -0.4 is 10.6 Å². The molecule has 0 unspecified atom stereocenters. The quantitative estimate of drug-likeness (QED) is 0.548. The van der Waals surface area contributed by atoms with Gasteiger partial charge in [0.1, 0.15) is 17.6 Å². The molecule has 34 heavy (non-hydrogen) atoms. The van der Waals surface area contributed by atoms with E-state index in [1.165, 1.54) is 22.9 Å². The average Bonchev–Trinajstić information content (AvgIpc) is 3.20. The number of halogens is 1. The SMILES string of the molecule is CCN(CC)CCNC(=O)[C@H](C)NC(=O)c1cc2n(n1)CCCN(Cc1ccc(F)cc1)C2=O. The molecule has 10 heteroatoms. The van der Waals surface area contributed by atoms with E-state index in [2.05, 4.69) is 34.5 Å². The topological polar surface area (TPSA) is 99.6 Å². The smallest absolute Gasteiger partial charge is 0.272 e. The largest absolute Gasteiger partial charge is 0.353 e. The number of hydrogen-bond donors (Lipinski definition) is 2. The predicted molar refractivity (Wildman–Crippen MR) is 126 cm³/mol. The lowest BCUT2D eigenvalue weighted by Crippen LogP contribution is -2.46. The standard InChI is InChI=1S/C24H33FN6O3/c1-4-29(5-2)14-11-26-22(32)17(3)27-23(33)20-15-21-24(34)30(12-6-13-31(21)28-20)16-18-7-9-19(25)10-8-18/h7-10,15,17H,4-6,11-14,16H2,1-3H3,(H,26,32)(H,27,33)/t17-/m0/s1. The minimum atomic E-state index is -0.739. The number of aryl methyl sites for hydroxylation is 1. The number of carbonyl (C=O) groups excluding carboxylic acids is 3. The second kappa shape index (κ2) is 11.7. The molecule has 184 valence electrons. The maximum atomic E-state index is 13.2. The molecule has 0 aliphatic carbocycles. The molecule has 1 aromatic carbocycles. The number of fused-ring (bicyclic) bond motifs is 1. The summed E-state index contributed by atoms with van der Waals surface area (Å²) in [5.41, 5.74) is 1.23. The minimum Gasteiger partial charge on any atom is -0.353 e. The summed E-state index contributed by atoms with van der Waals surface area (Å²) in [6.07, 6.45) is 0.675. The van der Waals surface area contributed by atoms with Crippen molar-refractivity contribution in [2.75, 3.05) is 32.7 Å². The van der Waals surface area contributed by atoms with Gasteiger partial charge in [-0.1, -0.05) is 26.0 Å². The normalized spacial score (nSPS) is 14.5. The van der Waals surface area contributed by atoms with E-state index in [4.69, 9.17) is 0 Å². The number of benzene rings is 1. The van der Waals surface area contributed by atoms with E-state index in [0.29, 0.717) is 38.3 Å². The van der Waals surface area contributed by atoms with Crippen molar-refractivity contribution in [3.8, 4) is 0 Å². The van der Waals surface area contributed by atoms with Crippen LogP contribution in [0.25, 0.3) is 0 Å². The van der Waals surface area contributed by atoms with Crippen molar-refractivity contribution >= 4 is 17.7 Å². The van der Waals surface area contributed by atoms with Crippen LogP contribution in [0.15, 0.2) is 30.3 Å². The summed E-state index contributed by atoms with van der Waals surface area (Å²) >= 11 is 0. The molecule has 0 spiro atoms. The molecule has 3 rings (SSSR count). The predicted octanol–water partition coefficient (Wildman–Crippen LogP) is 1.64. The van der Waals surface area contributed by atoms with Gasteiger partial charge in [0, 0.05) is 38.8 Å². The van der Waals surface area contributed by atoms with Crippen LogP contribution in [0.3, 0.4) is 0 Å². The first-order valence-corrected chi connectivity index (χ1v) is 11.7. The van der Waals surface area contributed by atoms with Crippen molar-refractivity contribution in [3.63, 3.8) is 0 Å². The molecule has 0 radical (unpaired) electrons. The van der Waals surface area contributed by atoms with E-state index in [1.54, 1.807) is 24.0 Å². The Bertz CT molecular complexity index is 1000. The zero-order chi connectivity index (χ0) is 24.7. The summed E-state index contributed by atoms with van der Waals surface area (Å²) in [4.78, 5) is 42.0. The Labute approximate surface area is 199 Å². The van der Waals surface area contributed by atoms with Gasteiger partial charge in [-0.15, -0.1) is 0 Å². The van der Waals surface area contributed by atoms with Gasteiger partial charge in [-0.25, -0.2) is 4.39 Å². The van der Waals surface area contributed by atoms with Crippen LogP contribution in [0.5, 0.6) is 0 Å². The Morgan fingerprint density at radius 2 is 1.88 bits per heavy atom. The fraction of sp³-hybridized carbons (Fsp3) is 0.500. The van der Waals surface area contributed by atoms with E-state index in [0.717, 1.165) is 25.2 Å². The summed E-state index contributed by atoms with van der Waals surface area (Å²) in [5, 5.41) is 9.79. The van der Waals surface area contributed by atoms with E-state index < -0.39 is 11.9 Å². The third-order valence-corrected chi connectivity index (χ3v) is 5.97. The Morgan fingerprint density at radius 3 is 2.56 bits per heavy atom. The molecule has 2 aromatic rings. The van der Waals surface area contributed by atoms with Crippen molar-refractivity contribution in [2.45, 2.75) is 46.3 Å². The molecular formula is C24H33FN6O3. The highest BCUT2D eigenvalue weighted by Crippen LogP contribution is 2.17. The van der Waals surface area contributed by atoms with Crippen molar-refractivity contribution in [2.24, 2.45) is 0 Å². The van der Waals surface area contributed by atoms with E-state index in [1.807, 2.05) is 0 Å². The number of carbonyl (C=O) groups is 3. The van der Waals surface area contributed by atoms with Gasteiger partial charge >= 0.3 is 0 Å². The average molecular weight is 473 g/mol. The second-order valence-corrected chi connectivity index (χ2v) is 8.36. The van der Waals surface area contributed by atoms with Crippen molar-refractivity contribution < 1.29 is 18.8 Å². The molecule has 0 saturated carbocycles. The van der Waals surface area contributed by atoms with Gasteiger partial charge in [-0.2, -0.15) is 5.10 Å². The summed E-state index contributed by atoms with van der Waals surface area (Å²) in [6, 6.07) is 6.76. The van der Waals surface area contributed by atoms with Gasteiger partial charge in [0.25, 0.3) is 11.8 Å². The fourth-order valence-corrected chi connectivity index (χ4v) is 3.87. The first-order chi connectivity index (χ1) is 16.3. The van der Waals surface area contributed by atoms with Gasteiger partial charge in [0.15, 0.2) is 5.69 Å². The van der Waals surface area contributed by atoms with Crippen LogP contribution in [0.1, 0.15) is 53.7 Å². The summed E-state index contributed by atoms with van der Waals surface area (Å²) in [5.74, 6) is -1.35. The third-order valence-electron chi connectivity index (χ3n) is 5.97. The maximum absolute atomic E-state index is 13.2. The van der Waals surface area contributed by atoms with Crippen molar-refractivity contribution in [3.05, 3.63) is 53.1 Å². The van der Waals surface area contributed by atoms with Gasteiger partial charge in [-0.3, -0.25) is 19.1 Å². The summed E-state index contributed by atoms with van der Waals surface area (Å²) in [6.45, 7) is 10.2. The van der Waals surface area contributed by atoms with Crippen LogP contribution >= 0.6 is 0 Å². The molecule has 1 atom stereocenters. The maximum Gasteiger partial charge on any atom is 0.272 e. The number of hydrogen-bond acceptors (Lipinski definition) is 5. The Kier molecular flexibility index (Phi) is 8.75. The number of nitrogens with zero attached hydrogens (tertiary/aromatic N) is 4. The van der Waals surface area contributed by atoms with E-state index in [-0.39, 0.29) is 23.3 Å². The molecule has 9 nitrogen and oxygen atoms in total. The monoisotopic (exact) mass is 472 g/mol. The molecule has 1 aliphatic rings. The van der Waals surface area contributed by atoms with Crippen molar-refractivity contribution in [1.82, 2.24) is 30.2 Å². The minimum absolute atomic E-state index is 0.0924. The number of likely N-dealkylation sites (N-methyl/N-ethyl adjacent to an activating group) is 1. The van der Waals surface area contributed by atoms with Crippen molar-refractivity contribution in [1.29, 1.82) is 0 Å². The Balaban J connectivity index is 1.60. The molecular weight excluding hydrogens is 439 g/mol. The molecule has 2 heterocycles. The Hall–Kier alpha value is -3.27. The fourth-order valence-electron chi connectivity index (χ4n) is 3.87. The number of aromatic nitrogens is 2. The third kappa shape index (κ3) is 6.40. The molecule has 1 aliphatic heterocycles. The molecule has 3 amide bonds. The Morgan fingerprint density at radius 1 is 1.18 bits per heavy atom. The molecule has 0 bridgehead atoms. The zero-order valence-corrected chi connectivity index (χ0v) is 20.0. The molecule has 0 fully saturated rings. The lowest BCUT2D eigenvalue weighted by molar-refractivity contribution is -0.122. The number of amides is 3. The van der Waals surface area contributed by atoms with Crippen LogP contribution in [0.2, 0.25) is 0 Å². The number of rotatable bonds is 10. The summed E-state index contributed by atoms with van der Waals surface area (Å²) < 4.78 is 14.7. The first-order valence-electron chi connectivity index (χ1n) is 11.7. The van der Waals surface area contributed by atoms with Crippen LogP contribution in [-0.2, 0) is 17.9 Å². The van der Waals surface area contributed by atoms with E-state index in [9.17, 15) is 18.8 Å². The highest BCUT2D eigenvalue weighted by atomic mass is 19.1. The lowest BCUT2D eigenvalue weighted by atomic mass is 10.2. The zero-order valence-electron chi connectivity index (χ0n) is 20.0. The summed E-state index contributed by atoms with van der Waals surface area (Å²) in [7, 11) is 0. The van der Waals surface area contributed by atoms with Crippen LogP contribution in [-0.4, -0.2) is 76.1 Å². The van der Waals surface area contributed by atoms with E-state index >= 15 is 0 Å². The van der Waals surface area contributed by atoms with Gasteiger partial charge in [0.05, 0.1) is 0 Å².